The van der Waals surface area contributed by atoms with Crippen molar-refractivity contribution in [3.05, 3.63) is 29.1 Å². The standard InChI is InChI=1S/C13H19NO/c1-8(2)10-5-6-14-11-7-15-13(9(3)4)12(10)11/h5-6,8-9,13H,7H2,1-4H3. The summed E-state index contributed by atoms with van der Waals surface area (Å²) in [6.07, 6.45) is 2.14. The Kier molecular flexibility index (Phi) is 2.79. The predicted octanol–water partition coefficient (Wildman–Crippen LogP) is 3.43. The van der Waals surface area contributed by atoms with Gasteiger partial charge in [-0.3, -0.25) is 4.98 Å². The smallest absolute Gasteiger partial charge is 0.0900 e. The molecule has 0 saturated carbocycles. The molecule has 2 nitrogen and oxygen atoms in total. The van der Waals surface area contributed by atoms with Gasteiger partial charge >= 0.3 is 0 Å². The first kappa shape index (κ1) is 10.6. The summed E-state index contributed by atoms with van der Waals surface area (Å²) in [7, 11) is 0. The van der Waals surface area contributed by atoms with Crippen LogP contribution < -0.4 is 0 Å². The van der Waals surface area contributed by atoms with Gasteiger partial charge in [-0.05, 0) is 23.5 Å². The lowest BCUT2D eigenvalue weighted by Gasteiger charge is -2.19. The zero-order chi connectivity index (χ0) is 11.0. The highest BCUT2D eigenvalue weighted by atomic mass is 16.5. The van der Waals surface area contributed by atoms with E-state index in [1.165, 1.54) is 11.1 Å². The van der Waals surface area contributed by atoms with Gasteiger partial charge in [-0.1, -0.05) is 27.7 Å². The largest absolute Gasteiger partial charge is 0.367 e. The van der Waals surface area contributed by atoms with Crippen LogP contribution in [0.2, 0.25) is 0 Å². The van der Waals surface area contributed by atoms with Gasteiger partial charge in [0.1, 0.15) is 0 Å². The van der Waals surface area contributed by atoms with E-state index >= 15 is 0 Å². The lowest BCUT2D eigenvalue weighted by atomic mass is 9.90. The molecule has 2 heteroatoms. The van der Waals surface area contributed by atoms with E-state index in [2.05, 4.69) is 38.7 Å². The maximum absolute atomic E-state index is 5.81. The van der Waals surface area contributed by atoms with Crippen LogP contribution in [0.1, 0.15) is 56.5 Å². The Morgan fingerprint density at radius 2 is 2.07 bits per heavy atom. The minimum Gasteiger partial charge on any atom is -0.367 e. The molecule has 0 bridgehead atoms. The second-order valence-electron chi connectivity index (χ2n) is 4.89. The lowest BCUT2D eigenvalue weighted by molar-refractivity contribution is 0.0330. The number of aromatic nitrogens is 1. The monoisotopic (exact) mass is 205 g/mol. The molecule has 2 heterocycles. The number of hydrogen-bond acceptors (Lipinski definition) is 2. The molecule has 15 heavy (non-hydrogen) atoms. The van der Waals surface area contributed by atoms with E-state index in [0.29, 0.717) is 18.4 Å². The van der Waals surface area contributed by atoms with E-state index < -0.39 is 0 Å². The molecule has 0 radical (unpaired) electrons. The third-order valence-electron chi connectivity index (χ3n) is 3.02. The molecule has 0 amide bonds. The molecule has 1 unspecified atom stereocenters. The Balaban J connectivity index is 2.48. The minimum absolute atomic E-state index is 0.242. The van der Waals surface area contributed by atoms with Gasteiger partial charge in [0.15, 0.2) is 0 Å². The molecule has 82 valence electrons. The summed E-state index contributed by atoms with van der Waals surface area (Å²) in [5.74, 6) is 1.07. The normalized spacial score (nSPS) is 20.0. The highest BCUT2D eigenvalue weighted by molar-refractivity contribution is 5.36. The van der Waals surface area contributed by atoms with Crippen molar-refractivity contribution in [2.75, 3.05) is 0 Å². The molecule has 0 spiro atoms. The van der Waals surface area contributed by atoms with Crippen molar-refractivity contribution >= 4 is 0 Å². The Morgan fingerprint density at radius 3 is 2.67 bits per heavy atom. The van der Waals surface area contributed by atoms with E-state index in [0.717, 1.165) is 5.69 Å². The second kappa shape index (κ2) is 3.93. The molecular formula is C13H19NO. The van der Waals surface area contributed by atoms with Crippen LogP contribution in [-0.4, -0.2) is 4.98 Å². The Bertz CT molecular complexity index is 358. The molecule has 0 N–H and O–H groups in total. The first-order valence-corrected chi connectivity index (χ1v) is 5.70. The molecule has 0 aliphatic carbocycles. The number of ether oxygens (including phenoxy) is 1. The topological polar surface area (TPSA) is 22.1 Å². The fourth-order valence-electron chi connectivity index (χ4n) is 2.26. The maximum atomic E-state index is 5.81. The van der Waals surface area contributed by atoms with Gasteiger partial charge in [0, 0.05) is 11.8 Å². The molecule has 2 rings (SSSR count). The van der Waals surface area contributed by atoms with Gasteiger partial charge in [-0.15, -0.1) is 0 Å². The van der Waals surface area contributed by atoms with E-state index in [-0.39, 0.29) is 6.10 Å². The number of rotatable bonds is 2. The molecule has 1 aliphatic heterocycles. The highest BCUT2D eigenvalue weighted by Crippen LogP contribution is 2.39. The van der Waals surface area contributed by atoms with Crippen LogP contribution in [0, 0.1) is 5.92 Å². The van der Waals surface area contributed by atoms with Crippen LogP contribution in [0.15, 0.2) is 12.3 Å². The lowest BCUT2D eigenvalue weighted by Crippen LogP contribution is -2.08. The highest BCUT2D eigenvalue weighted by Gasteiger charge is 2.30. The van der Waals surface area contributed by atoms with Gasteiger partial charge in [0.05, 0.1) is 18.4 Å². The number of nitrogens with zero attached hydrogens (tertiary/aromatic N) is 1. The van der Waals surface area contributed by atoms with E-state index in [4.69, 9.17) is 4.74 Å². The van der Waals surface area contributed by atoms with Crippen molar-refractivity contribution in [1.29, 1.82) is 0 Å². The van der Waals surface area contributed by atoms with E-state index in [1.807, 2.05) is 6.20 Å². The summed E-state index contributed by atoms with van der Waals surface area (Å²) in [4.78, 5) is 4.41. The van der Waals surface area contributed by atoms with Crippen molar-refractivity contribution in [2.45, 2.75) is 46.3 Å². The average molecular weight is 205 g/mol. The van der Waals surface area contributed by atoms with Crippen molar-refractivity contribution in [3.8, 4) is 0 Å². The van der Waals surface area contributed by atoms with Gasteiger partial charge in [0.2, 0.25) is 0 Å². The van der Waals surface area contributed by atoms with Crippen LogP contribution >= 0.6 is 0 Å². The second-order valence-corrected chi connectivity index (χ2v) is 4.89. The molecule has 1 atom stereocenters. The van der Waals surface area contributed by atoms with Crippen molar-refractivity contribution in [1.82, 2.24) is 4.98 Å². The first-order chi connectivity index (χ1) is 7.11. The van der Waals surface area contributed by atoms with Gasteiger partial charge in [-0.2, -0.15) is 0 Å². The van der Waals surface area contributed by atoms with Crippen LogP contribution in [0.25, 0.3) is 0 Å². The Labute approximate surface area is 91.7 Å². The predicted molar refractivity (Wildman–Crippen MR) is 60.7 cm³/mol. The summed E-state index contributed by atoms with van der Waals surface area (Å²) in [5, 5.41) is 0. The van der Waals surface area contributed by atoms with Crippen LogP contribution in [0.3, 0.4) is 0 Å². The van der Waals surface area contributed by atoms with Crippen molar-refractivity contribution < 1.29 is 4.74 Å². The Hall–Kier alpha value is -0.890. The third-order valence-corrected chi connectivity index (χ3v) is 3.02. The quantitative estimate of drug-likeness (QED) is 0.738. The van der Waals surface area contributed by atoms with Crippen LogP contribution in [-0.2, 0) is 11.3 Å². The SMILES string of the molecule is CC(C)c1ccnc2c1C(C(C)C)OC2. The summed E-state index contributed by atoms with van der Waals surface area (Å²) in [6, 6.07) is 2.13. The molecule has 0 fully saturated rings. The number of hydrogen-bond donors (Lipinski definition) is 0. The molecule has 1 aliphatic rings. The molecule has 0 saturated heterocycles. The zero-order valence-electron chi connectivity index (χ0n) is 9.95. The van der Waals surface area contributed by atoms with Crippen LogP contribution in [0.5, 0.6) is 0 Å². The minimum atomic E-state index is 0.242. The van der Waals surface area contributed by atoms with E-state index in [1.54, 1.807) is 0 Å². The number of fused-ring (bicyclic) bond motifs is 1. The Morgan fingerprint density at radius 1 is 1.33 bits per heavy atom. The van der Waals surface area contributed by atoms with Crippen molar-refractivity contribution in [3.63, 3.8) is 0 Å². The molecule has 0 aromatic carbocycles. The molecular weight excluding hydrogens is 186 g/mol. The summed E-state index contributed by atoms with van der Waals surface area (Å²) in [6.45, 7) is 9.54. The third kappa shape index (κ3) is 1.78. The van der Waals surface area contributed by atoms with Crippen LogP contribution in [0.4, 0.5) is 0 Å². The number of pyridine rings is 1. The summed E-state index contributed by atoms with van der Waals surface area (Å²) in [5.41, 5.74) is 3.89. The fourth-order valence-corrected chi connectivity index (χ4v) is 2.26. The maximum Gasteiger partial charge on any atom is 0.0900 e. The van der Waals surface area contributed by atoms with E-state index in [9.17, 15) is 0 Å². The van der Waals surface area contributed by atoms with Gasteiger partial charge in [0.25, 0.3) is 0 Å². The fraction of sp³-hybridized carbons (Fsp3) is 0.615. The summed E-state index contributed by atoms with van der Waals surface area (Å²) < 4.78 is 5.81. The first-order valence-electron chi connectivity index (χ1n) is 5.70. The van der Waals surface area contributed by atoms with Gasteiger partial charge in [-0.25, -0.2) is 0 Å². The summed E-state index contributed by atoms with van der Waals surface area (Å²) >= 11 is 0. The average Bonchev–Trinajstić information content (AvgIpc) is 2.60. The molecule has 1 aromatic heterocycles. The van der Waals surface area contributed by atoms with Gasteiger partial charge < -0.3 is 4.74 Å². The molecule has 1 aromatic rings. The zero-order valence-corrected chi connectivity index (χ0v) is 9.95. The van der Waals surface area contributed by atoms with Crippen molar-refractivity contribution in [2.24, 2.45) is 5.92 Å².